The summed E-state index contributed by atoms with van der Waals surface area (Å²) < 4.78 is 1.74. The van der Waals surface area contributed by atoms with Crippen LogP contribution in [-0.4, -0.2) is 69.1 Å². The normalized spacial score (nSPS) is 15.3. The fourth-order valence-electron chi connectivity index (χ4n) is 3.40. The Morgan fingerprint density at radius 1 is 1.00 bits per heavy atom. The zero-order valence-electron chi connectivity index (χ0n) is 16.4. The highest BCUT2D eigenvalue weighted by molar-refractivity contribution is 7.98. The van der Waals surface area contributed by atoms with Gasteiger partial charge in [-0.25, -0.2) is 0 Å². The maximum Gasteiger partial charge on any atom is 0.255 e. The van der Waals surface area contributed by atoms with Gasteiger partial charge in [-0.3, -0.25) is 4.79 Å². The van der Waals surface area contributed by atoms with Crippen molar-refractivity contribution in [1.29, 1.82) is 0 Å². The first kappa shape index (κ1) is 19.6. The van der Waals surface area contributed by atoms with Gasteiger partial charge in [0.1, 0.15) is 0 Å². The number of thioether (sulfide) groups is 1. The number of nitrogens with zero attached hydrogens (tertiary/aromatic N) is 6. The van der Waals surface area contributed by atoms with Crippen molar-refractivity contribution in [1.82, 2.24) is 30.0 Å². The molecule has 0 aliphatic carbocycles. The van der Waals surface area contributed by atoms with Crippen LogP contribution in [0, 0.1) is 0 Å². The topological polar surface area (TPSA) is 67.2 Å². The van der Waals surface area contributed by atoms with Gasteiger partial charge >= 0.3 is 0 Å². The minimum absolute atomic E-state index is 0.103. The quantitative estimate of drug-likeness (QED) is 0.605. The summed E-state index contributed by atoms with van der Waals surface area (Å²) in [5, 5.41) is 12.1. The zero-order valence-corrected chi connectivity index (χ0v) is 17.3. The van der Waals surface area contributed by atoms with E-state index in [0.29, 0.717) is 5.75 Å². The van der Waals surface area contributed by atoms with Gasteiger partial charge in [0.05, 0.1) is 17.0 Å². The molecule has 1 aromatic heterocycles. The number of aromatic nitrogens is 4. The Bertz CT molecular complexity index is 961. The highest BCUT2D eigenvalue weighted by atomic mass is 32.2. The summed E-state index contributed by atoms with van der Waals surface area (Å²) in [5.41, 5.74) is 1.67. The summed E-state index contributed by atoms with van der Waals surface area (Å²) in [5.74, 6) is 1.43. The molecule has 150 valence electrons. The van der Waals surface area contributed by atoms with Gasteiger partial charge in [-0.15, -0.1) is 16.9 Å². The van der Waals surface area contributed by atoms with Crippen LogP contribution in [0.15, 0.2) is 59.5 Å². The Hall–Kier alpha value is -2.71. The number of tetrazole rings is 1. The molecule has 1 aliphatic heterocycles. The number of benzene rings is 2. The van der Waals surface area contributed by atoms with Crippen LogP contribution in [0.1, 0.15) is 22.6 Å². The molecule has 0 spiro atoms. The van der Waals surface area contributed by atoms with Gasteiger partial charge in [0, 0.05) is 24.5 Å². The molecule has 2 heterocycles. The third kappa shape index (κ3) is 4.65. The van der Waals surface area contributed by atoms with E-state index in [4.69, 9.17) is 0 Å². The molecule has 29 heavy (non-hydrogen) atoms. The lowest BCUT2D eigenvalue weighted by Gasteiger charge is -2.22. The molecule has 2 aromatic carbocycles. The average molecular weight is 409 g/mol. The molecule has 1 amide bonds. The van der Waals surface area contributed by atoms with Crippen molar-refractivity contribution in [2.75, 3.05) is 33.2 Å². The summed E-state index contributed by atoms with van der Waals surface area (Å²) in [4.78, 5) is 18.4. The van der Waals surface area contributed by atoms with Crippen molar-refractivity contribution in [3.05, 3.63) is 66.0 Å². The lowest BCUT2D eigenvalue weighted by atomic mass is 10.2. The van der Waals surface area contributed by atoms with E-state index in [1.807, 2.05) is 59.5 Å². The molecular formula is C21H24N6OS. The molecule has 4 rings (SSSR count). The van der Waals surface area contributed by atoms with Gasteiger partial charge in [-0.05, 0) is 54.7 Å². The van der Waals surface area contributed by atoms with E-state index < -0.39 is 0 Å². The number of hydrogen-bond acceptors (Lipinski definition) is 6. The molecule has 1 saturated heterocycles. The number of likely N-dealkylation sites (N-methyl/N-ethyl adjacent to an activating group) is 1. The summed E-state index contributed by atoms with van der Waals surface area (Å²) in [6.07, 6.45) is 1.00. The van der Waals surface area contributed by atoms with E-state index in [9.17, 15) is 4.79 Å². The molecule has 1 fully saturated rings. The molecule has 8 heteroatoms. The Morgan fingerprint density at radius 3 is 2.66 bits per heavy atom. The SMILES string of the molecule is CN1CCCN(C(=O)c2ccccc2SCc2nnnn2-c2ccccc2)CC1. The molecule has 0 unspecified atom stereocenters. The molecule has 3 aromatic rings. The zero-order chi connectivity index (χ0) is 20.1. The Kier molecular flexibility index (Phi) is 6.21. The molecular weight excluding hydrogens is 384 g/mol. The smallest absolute Gasteiger partial charge is 0.255 e. The second-order valence-electron chi connectivity index (χ2n) is 7.08. The minimum Gasteiger partial charge on any atom is -0.337 e. The van der Waals surface area contributed by atoms with Gasteiger partial charge < -0.3 is 9.80 Å². The summed E-state index contributed by atoms with van der Waals surface area (Å²) in [7, 11) is 2.11. The number of hydrogen-bond donors (Lipinski definition) is 0. The number of carbonyl (C=O) groups is 1. The van der Waals surface area contributed by atoms with Crippen LogP contribution >= 0.6 is 11.8 Å². The highest BCUT2D eigenvalue weighted by Crippen LogP contribution is 2.27. The van der Waals surface area contributed by atoms with E-state index in [-0.39, 0.29) is 5.91 Å². The van der Waals surface area contributed by atoms with Crippen molar-refractivity contribution < 1.29 is 4.79 Å². The van der Waals surface area contributed by atoms with Crippen LogP contribution in [0.4, 0.5) is 0 Å². The van der Waals surface area contributed by atoms with Crippen molar-refractivity contribution in [2.45, 2.75) is 17.1 Å². The Balaban J connectivity index is 1.50. The maximum absolute atomic E-state index is 13.2. The van der Waals surface area contributed by atoms with Gasteiger partial charge in [0.2, 0.25) is 0 Å². The monoisotopic (exact) mass is 408 g/mol. The average Bonchev–Trinajstić information content (AvgIpc) is 3.13. The predicted octanol–water partition coefficient (Wildman–Crippen LogP) is 2.73. The summed E-state index contributed by atoms with van der Waals surface area (Å²) in [6.45, 7) is 3.50. The second-order valence-corrected chi connectivity index (χ2v) is 8.09. The van der Waals surface area contributed by atoms with Gasteiger partial charge in [-0.2, -0.15) is 4.68 Å². The number of para-hydroxylation sites is 1. The predicted molar refractivity (Wildman–Crippen MR) is 113 cm³/mol. The van der Waals surface area contributed by atoms with E-state index in [2.05, 4.69) is 27.5 Å². The largest absolute Gasteiger partial charge is 0.337 e. The van der Waals surface area contributed by atoms with Crippen molar-refractivity contribution in [2.24, 2.45) is 0 Å². The summed E-state index contributed by atoms with van der Waals surface area (Å²) >= 11 is 1.59. The van der Waals surface area contributed by atoms with Crippen molar-refractivity contribution in [3.63, 3.8) is 0 Å². The van der Waals surface area contributed by atoms with Crippen LogP contribution in [0.25, 0.3) is 5.69 Å². The maximum atomic E-state index is 13.2. The standard InChI is InChI=1S/C21H24N6OS/c1-25-12-7-13-26(15-14-25)21(28)18-10-5-6-11-19(18)29-16-20-22-23-24-27(20)17-8-3-2-4-9-17/h2-6,8-11H,7,12-16H2,1H3. The van der Waals surface area contributed by atoms with Crippen LogP contribution in [0.5, 0.6) is 0 Å². The third-order valence-electron chi connectivity index (χ3n) is 5.02. The summed E-state index contributed by atoms with van der Waals surface area (Å²) in [6, 6.07) is 17.6. The molecule has 1 aliphatic rings. The lowest BCUT2D eigenvalue weighted by molar-refractivity contribution is 0.0759. The molecule has 0 N–H and O–H groups in total. The van der Waals surface area contributed by atoms with Crippen molar-refractivity contribution >= 4 is 17.7 Å². The van der Waals surface area contributed by atoms with Gasteiger partial charge in [0.15, 0.2) is 5.82 Å². The first-order chi connectivity index (χ1) is 14.2. The molecule has 0 radical (unpaired) electrons. The van der Waals surface area contributed by atoms with Crippen LogP contribution in [0.2, 0.25) is 0 Å². The second kappa shape index (κ2) is 9.19. The molecule has 7 nitrogen and oxygen atoms in total. The van der Waals surface area contributed by atoms with Gasteiger partial charge in [0.25, 0.3) is 5.91 Å². The first-order valence-corrected chi connectivity index (χ1v) is 10.7. The van der Waals surface area contributed by atoms with E-state index >= 15 is 0 Å². The highest BCUT2D eigenvalue weighted by Gasteiger charge is 2.21. The van der Waals surface area contributed by atoms with Gasteiger partial charge in [-0.1, -0.05) is 30.3 Å². The number of carbonyl (C=O) groups excluding carboxylic acids is 1. The van der Waals surface area contributed by atoms with E-state index in [0.717, 1.165) is 54.6 Å². The van der Waals surface area contributed by atoms with Crippen LogP contribution in [-0.2, 0) is 5.75 Å². The van der Waals surface area contributed by atoms with E-state index in [1.54, 1.807) is 16.4 Å². The van der Waals surface area contributed by atoms with Crippen LogP contribution < -0.4 is 0 Å². The van der Waals surface area contributed by atoms with E-state index in [1.165, 1.54) is 0 Å². The fraction of sp³-hybridized carbons (Fsp3) is 0.333. The third-order valence-corrected chi connectivity index (χ3v) is 6.09. The minimum atomic E-state index is 0.103. The van der Waals surface area contributed by atoms with Crippen LogP contribution in [0.3, 0.4) is 0 Å². The molecule has 0 bridgehead atoms. The fourth-order valence-corrected chi connectivity index (χ4v) is 4.35. The first-order valence-electron chi connectivity index (χ1n) is 9.75. The Labute approximate surface area is 174 Å². The Morgan fingerprint density at radius 2 is 1.79 bits per heavy atom. The molecule has 0 atom stereocenters. The number of rotatable bonds is 5. The molecule has 0 saturated carbocycles. The van der Waals surface area contributed by atoms with Crippen molar-refractivity contribution in [3.8, 4) is 5.69 Å². The lowest BCUT2D eigenvalue weighted by Crippen LogP contribution is -2.34. The number of amides is 1.